The molecule has 0 atom stereocenters. The van der Waals surface area contributed by atoms with Gasteiger partial charge in [0.1, 0.15) is 11.6 Å². The number of rotatable bonds is 5. The molecule has 0 fully saturated rings. The lowest BCUT2D eigenvalue weighted by Gasteiger charge is -2.18. The van der Waals surface area contributed by atoms with Crippen molar-refractivity contribution in [3.63, 3.8) is 0 Å². The van der Waals surface area contributed by atoms with Gasteiger partial charge in [-0.1, -0.05) is 11.6 Å². The topological polar surface area (TPSA) is 56.7 Å². The summed E-state index contributed by atoms with van der Waals surface area (Å²) in [5.41, 5.74) is 1.46. The first-order valence-corrected chi connectivity index (χ1v) is 8.31. The maximum absolute atomic E-state index is 6.17. The molecule has 2 aromatic carbocycles. The van der Waals surface area contributed by atoms with Gasteiger partial charge >= 0.3 is 0 Å². The molecular formula is C19H20ClN3O3. The minimum absolute atomic E-state index is 0.521. The second-order valence-corrected chi connectivity index (χ2v) is 6.27. The molecule has 0 radical (unpaired) electrons. The van der Waals surface area contributed by atoms with Crippen LogP contribution in [0.25, 0.3) is 22.3 Å². The number of hydrogen-bond acceptors (Lipinski definition) is 6. The molecule has 3 rings (SSSR count). The molecule has 0 saturated heterocycles. The monoisotopic (exact) mass is 373 g/mol. The number of methoxy groups -OCH3 is 3. The summed E-state index contributed by atoms with van der Waals surface area (Å²) >= 11 is 6.17. The van der Waals surface area contributed by atoms with Gasteiger partial charge in [-0.2, -0.15) is 0 Å². The van der Waals surface area contributed by atoms with E-state index in [-0.39, 0.29) is 0 Å². The smallest absolute Gasteiger partial charge is 0.165 e. The Morgan fingerprint density at radius 3 is 2.12 bits per heavy atom. The summed E-state index contributed by atoms with van der Waals surface area (Å²) in [6.45, 7) is 0. The van der Waals surface area contributed by atoms with Crippen LogP contribution < -0.4 is 19.1 Å². The molecule has 26 heavy (non-hydrogen) atoms. The van der Waals surface area contributed by atoms with E-state index in [0.717, 1.165) is 22.3 Å². The molecule has 136 valence electrons. The fraction of sp³-hybridized carbons (Fsp3) is 0.263. The lowest BCUT2D eigenvalue weighted by atomic mass is 10.1. The first kappa shape index (κ1) is 18.1. The van der Waals surface area contributed by atoms with E-state index in [1.54, 1.807) is 39.5 Å². The van der Waals surface area contributed by atoms with Crippen molar-refractivity contribution in [2.24, 2.45) is 0 Å². The van der Waals surface area contributed by atoms with Crippen LogP contribution in [0.2, 0.25) is 5.02 Å². The van der Waals surface area contributed by atoms with Gasteiger partial charge in [-0.15, -0.1) is 0 Å². The standard InChI is InChI=1S/C19H20ClN3O3/c1-23(2)19-12-9-16(25-4)17(26-5)10-14(12)21-18(22-19)13-8-11(20)6-7-15(13)24-3/h6-10H,1-5H3. The SMILES string of the molecule is COc1cc2nc(-c3cc(Cl)ccc3OC)nc(N(C)C)c2cc1OC. The van der Waals surface area contributed by atoms with Crippen molar-refractivity contribution >= 4 is 28.3 Å². The van der Waals surface area contributed by atoms with E-state index in [4.69, 9.17) is 35.8 Å². The predicted molar refractivity (Wildman–Crippen MR) is 104 cm³/mol. The molecule has 0 amide bonds. The third-order valence-electron chi connectivity index (χ3n) is 4.01. The fourth-order valence-electron chi connectivity index (χ4n) is 2.76. The zero-order valence-electron chi connectivity index (χ0n) is 15.3. The molecule has 1 aromatic heterocycles. The number of nitrogens with zero attached hydrogens (tertiary/aromatic N) is 3. The second-order valence-electron chi connectivity index (χ2n) is 5.83. The normalized spacial score (nSPS) is 10.7. The van der Waals surface area contributed by atoms with Crippen molar-refractivity contribution < 1.29 is 14.2 Å². The van der Waals surface area contributed by atoms with Gasteiger partial charge in [-0.3, -0.25) is 0 Å². The van der Waals surface area contributed by atoms with Gasteiger partial charge < -0.3 is 19.1 Å². The van der Waals surface area contributed by atoms with E-state index < -0.39 is 0 Å². The van der Waals surface area contributed by atoms with Crippen LogP contribution in [0.5, 0.6) is 17.2 Å². The first-order chi connectivity index (χ1) is 12.5. The first-order valence-electron chi connectivity index (χ1n) is 7.93. The van der Waals surface area contributed by atoms with Crippen LogP contribution >= 0.6 is 11.6 Å². The average molecular weight is 374 g/mol. The Morgan fingerprint density at radius 2 is 1.50 bits per heavy atom. The Morgan fingerprint density at radius 1 is 0.846 bits per heavy atom. The van der Waals surface area contributed by atoms with Crippen LogP contribution in [0, 0.1) is 0 Å². The molecular weight excluding hydrogens is 354 g/mol. The van der Waals surface area contributed by atoms with Crippen LogP contribution in [0.15, 0.2) is 30.3 Å². The Hall–Kier alpha value is -2.73. The van der Waals surface area contributed by atoms with Gasteiger partial charge in [0, 0.05) is 30.6 Å². The van der Waals surface area contributed by atoms with E-state index in [1.807, 2.05) is 31.1 Å². The van der Waals surface area contributed by atoms with E-state index >= 15 is 0 Å². The Bertz CT molecular complexity index is 960. The highest BCUT2D eigenvalue weighted by molar-refractivity contribution is 6.31. The summed E-state index contributed by atoms with van der Waals surface area (Å²) in [5, 5.41) is 1.45. The van der Waals surface area contributed by atoms with Gasteiger partial charge in [0.2, 0.25) is 0 Å². The summed E-state index contributed by atoms with van der Waals surface area (Å²) in [4.78, 5) is 11.4. The molecule has 7 heteroatoms. The second kappa shape index (κ2) is 7.25. The van der Waals surface area contributed by atoms with Gasteiger partial charge in [0.05, 0.1) is 32.4 Å². The third-order valence-corrected chi connectivity index (χ3v) is 4.24. The lowest BCUT2D eigenvalue weighted by molar-refractivity contribution is 0.356. The van der Waals surface area contributed by atoms with Gasteiger partial charge in [-0.05, 0) is 24.3 Å². The van der Waals surface area contributed by atoms with Gasteiger partial charge in [-0.25, -0.2) is 9.97 Å². The number of ether oxygens (including phenoxy) is 3. The highest BCUT2D eigenvalue weighted by Crippen LogP contribution is 2.37. The van der Waals surface area contributed by atoms with E-state index in [9.17, 15) is 0 Å². The molecule has 0 aliphatic rings. The van der Waals surface area contributed by atoms with Crippen LogP contribution in [0.4, 0.5) is 5.82 Å². The number of fused-ring (bicyclic) bond motifs is 1. The molecule has 3 aromatic rings. The predicted octanol–water partition coefficient (Wildman–Crippen LogP) is 4.04. The molecule has 0 aliphatic heterocycles. The molecule has 0 aliphatic carbocycles. The Balaban J connectivity index is 2.33. The van der Waals surface area contributed by atoms with Crippen molar-refractivity contribution in [3.05, 3.63) is 35.4 Å². The number of aromatic nitrogens is 2. The minimum atomic E-state index is 0.521. The van der Waals surface area contributed by atoms with E-state index in [2.05, 4.69) is 0 Å². The number of benzene rings is 2. The Kier molecular flexibility index (Phi) is 5.04. The number of halogens is 1. The van der Waals surface area contributed by atoms with Gasteiger partial charge in [0.25, 0.3) is 0 Å². The molecule has 1 heterocycles. The quantitative estimate of drug-likeness (QED) is 0.672. The Labute approximate surface area is 157 Å². The number of hydrogen-bond donors (Lipinski definition) is 0. The zero-order chi connectivity index (χ0) is 18.8. The fourth-order valence-corrected chi connectivity index (χ4v) is 2.93. The number of anilines is 1. The van der Waals surface area contributed by atoms with Crippen LogP contribution in [-0.2, 0) is 0 Å². The maximum atomic E-state index is 6.17. The summed E-state index contributed by atoms with van der Waals surface area (Å²) in [6, 6.07) is 9.08. The van der Waals surface area contributed by atoms with Crippen LogP contribution in [-0.4, -0.2) is 45.4 Å². The van der Waals surface area contributed by atoms with E-state index in [1.165, 1.54) is 0 Å². The van der Waals surface area contributed by atoms with Crippen molar-refractivity contribution in [2.45, 2.75) is 0 Å². The maximum Gasteiger partial charge on any atom is 0.165 e. The molecule has 0 bridgehead atoms. The summed E-state index contributed by atoms with van der Waals surface area (Å²) < 4.78 is 16.3. The molecule has 0 unspecified atom stereocenters. The van der Waals surface area contributed by atoms with Crippen molar-refractivity contribution in [1.82, 2.24) is 9.97 Å². The molecule has 0 saturated carbocycles. The largest absolute Gasteiger partial charge is 0.496 e. The van der Waals surface area contributed by atoms with Crippen molar-refractivity contribution in [1.29, 1.82) is 0 Å². The molecule has 0 spiro atoms. The van der Waals surface area contributed by atoms with Crippen molar-refractivity contribution in [3.8, 4) is 28.6 Å². The zero-order valence-corrected chi connectivity index (χ0v) is 16.1. The van der Waals surface area contributed by atoms with Gasteiger partial charge in [0.15, 0.2) is 17.3 Å². The highest BCUT2D eigenvalue weighted by atomic mass is 35.5. The van der Waals surface area contributed by atoms with E-state index in [0.29, 0.717) is 28.1 Å². The third kappa shape index (κ3) is 3.20. The summed E-state index contributed by atoms with van der Waals surface area (Å²) in [5.74, 6) is 3.16. The molecule has 6 nitrogen and oxygen atoms in total. The highest BCUT2D eigenvalue weighted by Gasteiger charge is 2.17. The van der Waals surface area contributed by atoms with Crippen LogP contribution in [0.1, 0.15) is 0 Å². The van der Waals surface area contributed by atoms with Crippen LogP contribution in [0.3, 0.4) is 0 Å². The summed E-state index contributed by atoms with van der Waals surface area (Å²) in [7, 11) is 8.66. The molecule has 0 N–H and O–H groups in total. The van der Waals surface area contributed by atoms with Crippen molar-refractivity contribution in [2.75, 3.05) is 40.3 Å². The summed E-state index contributed by atoms with van der Waals surface area (Å²) in [6.07, 6.45) is 0. The lowest BCUT2D eigenvalue weighted by Crippen LogP contribution is -2.12. The average Bonchev–Trinajstić information content (AvgIpc) is 2.65. The minimum Gasteiger partial charge on any atom is -0.496 e.